The van der Waals surface area contributed by atoms with Crippen molar-refractivity contribution in [3.8, 4) is 11.3 Å². The molecule has 0 aliphatic carbocycles. The third kappa shape index (κ3) is 4.52. The zero-order chi connectivity index (χ0) is 18.4. The summed E-state index contributed by atoms with van der Waals surface area (Å²) in [5.41, 5.74) is 2.17. The van der Waals surface area contributed by atoms with Crippen molar-refractivity contribution in [2.75, 3.05) is 20.6 Å². The first-order valence-corrected chi connectivity index (χ1v) is 9.60. The minimum Gasteiger partial charge on any atom is -0.356 e. The van der Waals surface area contributed by atoms with Crippen LogP contribution in [0.2, 0.25) is 0 Å². The number of benzene rings is 1. The normalized spacial score (nSPS) is 12.8. The smallest absolute Gasteiger partial charge is 0.193 e. The molecule has 5 nitrogen and oxygen atoms in total. The molecule has 136 valence electrons. The van der Waals surface area contributed by atoms with Crippen LogP contribution in [0, 0.1) is 0 Å². The molecule has 1 unspecified atom stereocenters. The molecule has 0 saturated heterocycles. The molecule has 0 aliphatic heterocycles. The van der Waals surface area contributed by atoms with Gasteiger partial charge in [0.2, 0.25) is 0 Å². The largest absolute Gasteiger partial charge is 0.356 e. The van der Waals surface area contributed by atoms with Crippen molar-refractivity contribution in [3.63, 3.8) is 0 Å². The Labute approximate surface area is 158 Å². The van der Waals surface area contributed by atoms with E-state index < -0.39 is 0 Å². The molecule has 1 atom stereocenters. The standard InChI is InChI=1S/C20H25N5S/c1-15(18-10-7-11-26-18)12-23-20(21-2)25(3)14-19-22-13-17(24-19)16-8-5-4-6-9-16/h4-11,13,15H,12,14H2,1-3H3,(H,21,23)(H,22,24). The lowest BCUT2D eigenvalue weighted by Crippen LogP contribution is -2.40. The van der Waals surface area contributed by atoms with Gasteiger partial charge in [0.1, 0.15) is 5.82 Å². The monoisotopic (exact) mass is 367 g/mol. The van der Waals surface area contributed by atoms with Crippen molar-refractivity contribution < 1.29 is 0 Å². The fourth-order valence-corrected chi connectivity index (χ4v) is 3.60. The van der Waals surface area contributed by atoms with E-state index in [1.165, 1.54) is 4.88 Å². The molecule has 2 heterocycles. The van der Waals surface area contributed by atoms with Crippen molar-refractivity contribution in [1.82, 2.24) is 20.2 Å². The number of aromatic nitrogens is 2. The highest BCUT2D eigenvalue weighted by atomic mass is 32.1. The summed E-state index contributed by atoms with van der Waals surface area (Å²) in [6, 6.07) is 14.5. The van der Waals surface area contributed by atoms with Crippen LogP contribution in [-0.4, -0.2) is 41.5 Å². The van der Waals surface area contributed by atoms with E-state index in [4.69, 9.17) is 0 Å². The highest BCUT2D eigenvalue weighted by molar-refractivity contribution is 7.10. The first-order valence-electron chi connectivity index (χ1n) is 8.72. The van der Waals surface area contributed by atoms with Crippen molar-refractivity contribution in [3.05, 3.63) is 64.7 Å². The predicted molar refractivity (Wildman–Crippen MR) is 110 cm³/mol. The van der Waals surface area contributed by atoms with Gasteiger partial charge in [0.05, 0.1) is 18.4 Å². The molecule has 1 aromatic carbocycles. The van der Waals surface area contributed by atoms with E-state index in [-0.39, 0.29) is 0 Å². The molecule has 2 aromatic heterocycles. The molecular formula is C20H25N5S. The second kappa shape index (κ2) is 8.67. The molecule has 6 heteroatoms. The van der Waals surface area contributed by atoms with Crippen LogP contribution < -0.4 is 5.32 Å². The third-order valence-corrected chi connectivity index (χ3v) is 5.37. The van der Waals surface area contributed by atoms with Gasteiger partial charge in [0.15, 0.2) is 5.96 Å². The lowest BCUT2D eigenvalue weighted by Gasteiger charge is -2.22. The quantitative estimate of drug-likeness (QED) is 0.512. The molecule has 0 amide bonds. The maximum Gasteiger partial charge on any atom is 0.193 e. The highest BCUT2D eigenvalue weighted by Crippen LogP contribution is 2.20. The fraction of sp³-hybridized carbons (Fsp3) is 0.300. The minimum absolute atomic E-state index is 0.452. The Morgan fingerprint density at radius 2 is 2.08 bits per heavy atom. The van der Waals surface area contributed by atoms with Gasteiger partial charge in [-0.1, -0.05) is 43.3 Å². The summed E-state index contributed by atoms with van der Waals surface area (Å²) in [5, 5.41) is 5.58. The van der Waals surface area contributed by atoms with Gasteiger partial charge in [0, 0.05) is 31.4 Å². The van der Waals surface area contributed by atoms with Crippen molar-refractivity contribution in [2.24, 2.45) is 4.99 Å². The Bertz CT molecular complexity index is 823. The first-order chi connectivity index (χ1) is 12.7. The van der Waals surface area contributed by atoms with Crippen LogP contribution in [0.5, 0.6) is 0 Å². The lowest BCUT2D eigenvalue weighted by atomic mass is 10.1. The maximum absolute atomic E-state index is 4.51. The number of hydrogen-bond donors (Lipinski definition) is 2. The number of guanidine groups is 1. The number of nitrogens with one attached hydrogen (secondary N) is 2. The molecule has 26 heavy (non-hydrogen) atoms. The molecular weight excluding hydrogens is 342 g/mol. The summed E-state index contributed by atoms with van der Waals surface area (Å²) in [5.74, 6) is 2.24. The summed E-state index contributed by atoms with van der Waals surface area (Å²) >= 11 is 1.79. The molecule has 2 N–H and O–H groups in total. The van der Waals surface area contributed by atoms with Gasteiger partial charge in [-0.2, -0.15) is 0 Å². The molecule has 3 aromatic rings. The minimum atomic E-state index is 0.452. The number of imidazole rings is 1. The predicted octanol–water partition coefficient (Wildman–Crippen LogP) is 3.95. The number of thiophene rings is 1. The molecule has 0 spiro atoms. The Morgan fingerprint density at radius 1 is 1.27 bits per heavy atom. The van der Waals surface area contributed by atoms with Crippen LogP contribution in [0.4, 0.5) is 0 Å². The van der Waals surface area contributed by atoms with E-state index >= 15 is 0 Å². The van der Waals surface area contributed by atoms with Gasteiger partial charge < -0.3 is 15.2 Å². The Morgan fingerprint density at radius 3 is 2.77 bits per heavy atom. The SMILES string of the molecule is CN=C(NCC(C)c1cccs1)N(C)Cc1ncc(-c2ccccc2)[nH]1. The van der Waals surface area contributed by atoms with Crippen LogP contribution in [0.1, 0.15) is 23.5 Å². The van der Waals surface area contributed by atoms with E-state index in [1.807, 2.05) is 38.5 Å². The zero-order valence-corrected chi connectivity index (χ0v) is 16.3. The van der Waals surface area contributed by atoms with E-state index in [2.05, 4.69) is 61.7 Å². The molecule has 0 aliphatic rings. The summed E-state index contributed by atoms with van der Waals surface area (Å²) in [7, 11) is 3.84. The number of nitrogens with zero attached hydrogens (tertiary/aromatic N) is 3. The van der Waals surface area contributed by atoms with Crippen LogP contribution in [0.15, 0.2) is 59.0 Å². The number of aromatic amines is 1. The summed E-state index contributed by atoms with van der Waals surface area (Å²) in [6.07, 6.45) is 1.88. The van der Waals surface area contributed by atoms with Crippen LogP contribution in [0.25, 0.3) is 11.3 Å². The van der Waals surface area contributed by atoms with E-state index in [0.717, 1.165) is 29.6 Å². The van der Waals surface area contributed by atoms with Gasteiger partial charge in [-0.3, -0.25) is 4.99 Å². The van der Waals surface area contributed by atoms with E-state index in [1.54, 1.807) is 11.3 Å². The maximum atomic E-state index is 4.51. The van der Waals surface area contributed by atoms with Crippen LogP contribution in [0.3, 0.4) is 0 Å². The molecule has 3 rings (SSSR count). The summed E-state index contributed by atoms with van der Waals surface area (Å²) in [6.45, 7) is 3.75. The number of hydrogen-bond acceptors (Lipinski definition) is 3. The Balaban J connectivity index is 1.57. The number of aliphatic imine (C=N–C) groups is 1. The topological polar surface area (TPSA) is 56.3 Å². The molecule has 0 fully saturated rings. The van der Waals surface area contributed by atoms with E-state index in [0.29, 0.717) is 12.5 Å². The van der Waals surface area contributed by atoms with Crippen molar-refractivity contribution >= 4 is 17.3 Å². The van der Waals surface area contributed by atoms with Gasteiger partial charge >= 0.3 is 0 Å². The van der Waals surface area contributed by atoms with Crippen molar-refractivity contribution in [2.45, 2.75) is 19.4 Å². The van der Waals surface area contributed by atoms with Crippen molar-refractivity contribution in [1.29, 1.82) is 0 Å². The third-order valence-electron chi connectivity index (χ3n) is 4.27. The average Bonchev–Trinajstić information content (AvgIpc) is 3.35. The second-order valence-electron chi connectivity index (χ2n) is 6.31. The van der Waals surface area contributed by atoms with Crippen LogP contribution in [-0.2, 0) is 6.54 Å². The van der Waals surface area contributed by atoms with Crippen LogP contribution >= 0.6 is 11.3 Å². The first kappa shape index (κ1) is 18.2. The number of H-pyrrole nitrogens is 1. The summed E-state index contributed by atoms with van der Waals surface area (Å²) < 4.78 is 0. The number of rotatable bonds is 6. The average molecular weight is 368 g/mol. The van der Waals surface area contributed by atoms with Gasteiger partial charge in [-0.05, 0) is 17.0 Å². The molecule has 0 bridgehead atoms. The Hall–Kier alpha value is -2.60. The highest BCUT2D eigenvalue weighted by Gasteiger charge is 2.12. The fourth-order valence-electron chi connectivity index (χ4n) is 2.81. The molecule has 0 saturated carbocycles. The van der Waals surface area contributed by atoms with Gasteiger partial charge in [-0.15, -0.1) is 11.3 Å². The second-order valence-corrected chi connectivity index (χ2v) is 7.29. The Kier molecular flexibility index (Phi) is 6.07. The lowest BCUT2D eigenvalue weighted by molar-refractivity contribution is 0.461. The van der Waals surface area contributed by atoms with Gasteiger partial charge in [-0.25, -0.2) is 4.98 Å². The van der Waals surface area contributed by atoms with E-state index in [9.17, 15) is 0 Å². The summed E-state index contributed by atoms with van der Waals surface area (Å²) in [4.78, 5) is 15.8. The van der Waals surface area contributed by atoms with Gasteiger partial charge in [0.25, 0.3) is 0 Å². The molecule has 0 radical (unpaired) electrons. The zero-order valence-electron chi connectivity index (χ0n) is 15.4.